The van der Waals surface area contributed by atoms with Crippen molar-refractivity contribution in [3.8, 4) is 0 Å². The van der Waals surface area contributed by atoms with E-state index in [0.717, 1.165) is 5.56 Å². The SMILES string of the molecule is CN(C)C1(c2cccc(F)c2)CC2(CC(=O)NC(=O)N2)C1. The third kappa shape index (κ3) is 2.19. The molecule has 0 unspecified atom stereocenters. The van der Waals surface area contributed by atoms with Gasteiger partial charge in [0, 0.05) is 0 Å². The van der Waals surface area contributed by atoms with Gasteiger partial charge in [-0.15, -0.1) is 0 Å². The second-order valence-corrected chi connectivity index (χ2v) is 6.25. The molecule has 5 nitrogen and oxygen atoms in total. The van der Waals surface area contributed by atoms with Crippen LogP contribution in [0.2, 0.25) is 0 Å². The number of rotatable bonds is 2. The summed E-state index contributed by atoms with van der Waals surface area (Å²) in [5.41, 5.74) is 0.00146. The fourth-order valence-electron chi connectivity index (χ4n) is 3.63. The van der Waals surface area contributed by atoms with Crippen LogP contribution in [0.15, 0.2) is 24.3 Å². The van der Waals surface area contributed by atoms with Gasteiger partial charge in [-0.2, -0.15) is 0 Å². The molecule has 0 radical (unpaired) electrons. The zero-order chi connectivity index (χ0) is 15.3. The maximum Gasteiger partial charge on any atom is 0.321 e. The number of hydrogen-bond acceptors (Lipinski definition) is 3. The summed E-state index contributed by atoms with van der Waals surface area (Å²) in [6.45, 7) is 0. The molecule has 1 aliphatic carbocycles. The second-order valence-electron chi connectivity index (χ2n) is 6.25. The second kappa shape index (κ2) is 4.53. The van der Waals surface area contributed by atoms with Crippen molar-refractivity contribution >= 4 is 11.9 Å². The molecule has 21 heavy (non-hydrogen) atoms. The minimum absolute atomic E-state index is 0.259. The molecule has 3 rings (SSSR count). The first-order chi connectivity index (χ1) is 9.85. The molecule has 1 aliphatic heterocycles. The minimum atomic E-state index is -0.518. The Balaban J connectivity index is 1.90. The standard InChI is InChI=1S/C15H18FN3O2/c1-19(2)15(10-4-3-5-11(16)6-10)8-14(9-15)7-12(20)17-13(21)18-14/h3-6H,7-9H2,1-2H3,(H2,17,18,20,21). The lowest BCUT2D eigenvalue weighted by Gasteiger charge is -2.60. The molecular formula is C15H18FN3O2. The summed E-state index contributed by atoms with van der Waals surface area (Å²) < 4.78 is 13.5. The van der Waals surface area contributed by atoms with E-state index in [1.165, 1.54) is 12.1 Å². The molecule has 1 saturated carbocycles. The van der Waals surface area contributed by atoms with Gasteiger partial charge >= 0.3 is 6.03 Å². The normalized spacial score (nSPS) is 31.8. The monoisotopic (exact) mass is 291 g/mol. The molecule has 1 spiro atoms. The van der Waals surface area contributed by atoms with Crippen LogP contribution in [-0.2, 0) is 10.3 Å². The van der Waals surface area contributed by atoms with E-state index in [2.05, 4.69) is 10.6 Å². The van der Waals surface area contributed by atoms with Gasteiger partial charge in [0.1, 0.15) is 5.82 Å². The van der Waals surface area contributed by atoms with Crippen LogP contribution in [0.4, 0.5) is 9.18 Å². The highest BCUT2D eigenvalue weighted by Gasteiger charge is 2.59. The third-order valence-electron chi connectivity index (χ3n) is 4.61. The topological polar surface area (TPSA) is 61.4 Å². The largest absolute Gasteiger partial charge is 0.332 e. The Morgan fingerprint density at radius 2 is 1.95 bits per heavy atom. The van der Waals surface area contributed by atoms with Crippen LogP contribution >= 0.6 is 0 Å². The number of halogens is 1. The zero-order valence-electron chi connectivity index (χ0n) is 12.1. The number of carbonyl (C=O) groups excluding carboxylic acids is 2. The highest BCUT2D eigenvalue weighted by molar-refractivity contribution is 5.98. The average molecular weight is 291 g/mol. The fourth-order valence-corrected chi connectivity index (χ4v) is 3.63. The lowest BCUT2D eigenvalue weighted by Crippen LogP contribution is -2.72. The Morgan fingerprint density at radius 1 is 1.24 bits per heavy atom. The maximum absolute atomic E-state index is 13.5. The summed E-state index contributed by atoms with van der Waals surface area (Å²) in [5.74, 6) is -0.537. The summed E-state index contributed by atoms with van der Waals surface area (Å²) in [5, 5.41) is 5.11. The van der Waals surface area contributed by atoms with Crippen molar-refractivity contribution in [3.63, 3.8) is 0 Å². The van der Waals surface area contributed by atoms with E-state index < -0.39 is 11.6 Å². The van der Waals surface area contributed by atoms with E-state index in [0.29, 0.717) is 12.8 Å². The van der Waals surface area contributed by atoms with Gasteiger partial charge in [-0.05, 0) is 44.6 Å². The first kappa shape index (κ1) is 14.0. The van der Waals surface area contributed by atoms with Crippen LogP contribution in [0.25, 0.3) is 0 Å². The zero-order valence-corrected chi connectivity index (χ0v) is 12.1. The van der Waals surface area contributed by atoms with Crippen LogP contribution in [0.5, 0.6) is 0 Å². The minimum Gasteiger partial charge on any atom is -0.332 e. The molecule has 3 amide bonds. The molecule has 2 aliphatic rings. The lowest BCUT2D eigenvalue weighted by molar-refractivity contribution is -0.127. The highest BCUT2D eigenvalue weighted by atomic mass is 19.1. The predicted molar refractivity (Wildman–Crippen MR) is 75.0 cm³/mol. The third-order valence-corrected chi connectivity index (χ3v) is 4.61. The molecule has 112 valence electrons. The molecule has 1 saturated heterocycles. The smallest absolute Gasteiger partial charge is 0.321 e. The number of nitrogens with zero attached hydrogens (tertiary/aromatic N) is 1. The van der Waals surface area contributed by atoms with Crippen molar-refractivity contribution in [1.82, 2.24) is 15.5 Å². The summed E-state index contributed by atoms with van der Waals surface area (Å²) >= 11 is 0. The molecule has 1 aromatic rings. The number of carbonyl (C=O) groups is 2. The van der Waals surface area contributed by atoms with Crippen LogP contribution < -0.4 is 10.6 Å². The van der Waals surface area contributed by atoms with E-state index in [1.807, 2.05) is 25.1 Å². The average Bonchev–Trinajstić information content (AvgIpc) is 2.33. The summed E-state index contributed by atoms with van der Waals surface area (Å²) in [6.07, 6.45) is 1.45. The summed E-state index contributed by atoms with van der Waals surface area (Å²) in [6, 6.07) is 6.07. The quantitative estimate of drug-likeness (QED) is 0.864. The Bertz CT molecular complexity index is 591. The van der Waals surface area contributed by atoms with Crippen LogP contribution in [0.3, 0.4) is 0 Å². The fraction of sp³-hybridized carbons (Fsp3) is 0.467. The Kier molecular flexibility index (Phi) is 3.02. The van der Waals surface area contributed by atoms with Gasteiger partial charge in [0.15, 0.2) is 0 Å². The van der Waals surface area contributed by atoms with Gasteiger partial charge in [0.25, 0.3) is 0 Å². The molecule has 0 bridgehead atoms. The number of imide groups is 1. The number of benzene rings is 1. The molecule has 2 N–H and O–H groups in total. The Hall–Kier alpha value is -1.95. The lowest BCUT2D eigenvalue weighted by atomic mass is 9.57. The van der Waals surface area contributed by atoms with E-state index in [-0.39, 0.29) is 23.7 Å². The number of urea groups is 1. The van der Waals surface area contributed by atoms with Crippen LogP contribution in [-0.4, -0.2) is 36.5 Å². The van der Waals surface area contributed by atoms with E-state index in [1.54, 1.807) is 6.07 Å². The molecule has 6 heteroatoms. The van der Waals surface area contributed by atoms with Crippen molar-refractivity contribution in [3.05, 3.63) is 35.6 Å². The molecule has 2 fully saturated rings. The highest BCUT2D eigenvalue weighted by Crippen LogP contribution is 2.53. The van der Waals surface area contributed by atoms with Gasteiger partial charge in [0.05, 0.1) is 17.5 Å². The summed E-state index contributed by atoms with van der Waals surface area (Å²) in [4.78, 5) is 25.2. The van der Waals surface area contributed by atoms with Crippen LogP contribution in [0, 0.1) is 5.82 Å². The Labute approximate surface area is 122 Å². The molecule has 0 atom stereocenters. The van der Waals surface area contributed by atoms with Gasteiger partial charge in [-0.3, -0.25) is 15.0 Å². The van der Waals surface area contributed by atoms with E-state index in [4.69, 9.17) is 0 Å². The molecule has 1 aromatic carbocycles. The summed E-state index contributed by atoms with van der Waals surface area (Å²) in [7, 11) is 3.87. The van der Waals surface area contributed by atoms with Crippen LogP contribution in [0.1, 0.15) is 24.8 Å². The van der Waals surface area contributed by atoms with E-state index >= 15 is 0 Å². The van der Waals surface area contributed by atoms with Crippen molar-refractivity contribution in [2.45, 2.75) is 30.3 Å². The maximum atomic E-state index is 13.5. The molecule has 1 heterocycles. The van der Waals surface area contributed by atoms with Crippen molar-refractivity contribution in [1.29, 1.82) is 0 Å². The number of nitrogens with one attached hydrogen (secondary N) is 2. The number of hydrogen-bond donors (Lipinski definition) is 2. The van der Waals surface area contributed by atoms with Crippen molar-refractivity contribution < 1.29 is 14.0 Å². The first-order valence-electron chi connectivity index (χ1n) is 6.91. The molecule has 0 aromatic heterocycles. The van der Waals surface area contributed by atoms with Gasteiger partial charge in [-0.25, -0.2) is 9.18 Å². The van der Waals surface area contributed by atoms with Crippen molar-refractivity contribution in [2.24, 2.45) is 0 Å². The van der Waals surface area contributed by atoms with Gasteiger partial charge < -0.3 is 5.32 Å². The van der Waals surface area contributed by atoms with E-state index in [9.17, 15) is 14.0 Å². The number of amides is 3. The first-order valence-corrected chi connectivity index (χ1v) is 6.91. The van der Waals surface area contributed by atoms with Gasteiger partial charge in [0.2, 0.25) is 5.91 Å². The van der Waals surface area contributed by atoms with Crippen molar-refractivity contribution in [2.75, 3.05) is 14.1 Å². The Morgan fingerprint density at radius 3 is 2.52 bits per heavy atom. The predicted octanol–water partition coefficient (Wildman–Crippen LogP) is 1.34. The van der Waals surface area contributed by atoms with Gasteiger partial charge in [-0.1, -0.05) is 12.1 Å². The molecular weight excluding hydrogens is 273 g/mol.